The summed E-state index contributed by atoms with van der Waals surface area (Å²) in [4.78, 5) is 4.94. The second-order valence-electron chi connectivity index (χ2n) is 5.73. The molecule has 0 saturated heterocycles. The third kappa shape index (κ3) is 2.40. The molecule has 0 spiro atoms. The molecule has 1 aliphatic carbocycles. The molecule has 108 valence electrons. The molecule has 2 aromatic rings. The van der Waals surface area contributed by atoms with Gasteiger partial charge in [-0.25, -0.2) is 4.98 Å². The third-order valence-corrected chi connectivity index (χ3v) is 5.09. The highest BCUT2D eigenvalue weighted by Crippen LogP contribution is 2.38. The van der Waals surface area contributed by atoms with Gasteiger partial charge in [-0.3, -0.25) is 0 Å². The van der Waals surface area contributed by atoms with Gasteiger partial charge < -0.3 is 10.3 Å². The van der Waals surface area contributed by atoms with Crippen molar-refractivity contribution in [2.24, 2.45) is 11.7 Å². The number of aryl methyl sites for hydroxylation is 1. The molecule has 1 aromatic carbocycles. The molecule has 2 atom stereocenters. The summed E-state index contributed by atoms with van der Waals surface area (Å²) >= 11 is 3.54. The molecule has 4 heteroatoms. The van der Waals surface area contributed by atoms with E-state index in [1.54, 1.807) is 0 Å². The van der Waals surface area contributed by atoms with E-state index in [-0.39, 0.29) is 0 Å². The Labute approximate surface area is 128 Å². The number of nitrogens with two attached hydrogens (primary N) is 1. The molecule has 3 rings (SSSR count). The second-order valence-corrected chi connectivity index (χ2v) is 6.65. The van der Waals surface area contributed by atoms with Crippen LogP contribution in [0.15, 0.2) is 22.7 Å². The molecule has 2 unspecified atom stereocenters. The summed E-state index contributed by atoms with van der Waals surface area (Å²) in [6.45, 7) is 3.95. The molecule has 1 saturated carbocycles. The molecule has 0 aliphatic heterocycles. The summed E-state index contributed by atoms with van der Waals surface area (Å²) < 4.78 is 3.47. The van der Waals surface area contributed by atoms with Crippen molar-refractivity contribution < 1.29 is 0 Å². The predicted molar refractivity (Wildman–Crippen MR) is 86.9 cm³/mol. The van der Waals surface area contributed by atoms with Crippen LogP contribution in [-0.4, -0.2) is 16.1 Å². The lowest BCUT2D eigenvalue weighted by Crippen LogP contribution is -2.27. The van der Waals surface area contributed by atoms with Gasteiger partial charge in [0.15, 0.2) is 0 Å². The molecule has 1 aromatic heterocycles. The zero-order chi connectivity index (χ0) is 14.1. The average molecular weight is 336 g/mol. The Morgan fingerprint density at radius 3 is 2.90 bits per heavy atom. The van der Waals surface area contributed by atoms with Gasteiger partial charge in [-0.1, -0.05) is 28.8 Å². The monoisotopic (exact) mass is 335 g/mol. The number of aromatic nitrogens is 2. The maximum absolute atomic E-state index is 6.00. The molecule has 0 bridgehead atoms. The Bertz CT molecular complexity index is 605. The fourth-order valence-electron chi connectivity index (χ4n) is 3.57. The van der Waals surface area contributed by atoms with Crippen LogP contribution in [0.3, 0.4) is 0 Å². The highest BCUT2D eigenvalue weighted by Gasteiger charge is 2.29. The first kappa shape index (κ1) is 14.1. The van der Waals surface area contributed by atoms with Crippen molar-refractivity contribution in [3.63, 3.8) is 0 Å². The Morgan fingerprint density at radius 1 is 1.35 bits per heavy atom. The van der Waals surface area contributed by atoms with Crippen molar-refractivity contribution in [1.29, 1.82) is 0 Å². The molecule has 1 fully saturated rings. The maximum atomic E-state index is 6.00. The third-order valence-electron chi connectivity index (χ3n) is 4.60. The van der Waals surface area contributed by atoms with Crippen LogP contribution in [0.25, 0.3) is 11.0 Å². The minimum Gasteiger partial charge on any atom is -0.330 e. The molecule has 2 N–H and O–H groups in total. The Morgan fingerprint density at radius 2 is 2.15 bits per heavy atom. The van der Waals surface area contributed by atoms with Crippen molar-refractivity contribution in [2.75, 3.05) is 6.54 Å². The van der Waals surface area contributed by atoms with Crippen LogP contribution in [-0.2, 0) is 6.54 Å². The van der Waals surface area contributed by atoms with Crippen molar-refractivity contribution in [1.82, 2.24) is 9.55 Å². The van der Waals surface area contributed by atoms with Gasteiger partial charge in [0, 0.05) is 16.9 Å². The molecular weight excluding hydrogens is 314 g/mol. The van der Waals surface area contributed by atoms with Crippen LogP contribution in [0.4, 0.5) is 0 Å². The quantitative estimate of drug-likeness (QED) is 0.919. The number of hydrogen-bond donors (Lipinski definition) is 1. The van der Waals surface area contributed by atoms with E-state index in [4.69, 9.17) is 10.7 Å². The van der Waals surface area contributed by atoms with Crippen molar-refractivity contribution in [3.8, 4) is 0 Å². The van der Waals surface area contributed by atoms with Gasteiger partial charge >= 0.3 is 0 Å². The fraction of sp³-hybridized carbons (Fsp3) is 0.562. The zero-order valence-electron chi connectivity index (χ0n) is 12.0. The van der Waals surface area contributed by atoms with Crippen molar-refractivity contribution in [2.45, 2.75) is 45.1 Å². The van der Waals surface area contributed by atoms with E-state index in [2.05, 4.69) is 45.6 Å². The second kappa shape index (κ2) is 5.86. The van der Waals surface area contributed by atoms with Crippen molar-refractivity contribution >= 4 is 27.0 Å². The first-order valence-corrected chi connectivity index (χ1v) is 8.39. The average Bonchev–Trinajstić information content (AvgIpc) is 2.84. The van der Waals surface area contributed by atoms with Crippen LogP contribution in [0.5, 0.6) is 0 Å². The fourth-order valence-corrected chi connectivity index (χ4v) is 3.92. The van der Waals surface area contributed by atoms with Gasteiger partial charge in [0.2, 0.25) is 0 Å². The van der Waals surface area contributed by atoms with E-state index < -0.39 is 0 Å². The first-order valence-electron chi connectivity index (χ1n) is 7.60. The predicted octanol–water partition coefficient (Wildman–Crippen LogP) is 4.05. The van der Waals surface area contributed by atoms with E-state index in [1.807, 2.05) is 0 Å². The molecule has 1 heterocycles. The summed E-state index contributed by atoms with van der Waals surface area (Å²) in [7, 11) is 0. The lowest BCUT2D eigenvalue weighted by Gasteiger charge is -2.30. The van der Waals surface area contributed by atoms with Gasteiger partial charge in [0.25, 0.3) is 0 Å². The summed E-state index contributed by atoms with van der Waals surface area (Å²) in [5, 5.41) is 0. The lowest BCUT2D eigenvalue weighted by atomic mass is 9.78. The number of rotatable bonds is 3. The molecule has 20 heavy (non-hydrogen) atoms. The smallest absolute Gasteiger partial charge is 0.113 e. The normalized spacial score (nSPS) is 23.4. The molecule has 1 aliphatic rings. The summed E-state index contributed by atoms with van der Waals surface area (Å²) in [5.74, 6) is 2.37. The maximum Gasteiger partial charge on any atom is 0.113 e. The summed E-state index contributed by atoms with van der Waals surface area (Å²) in [5.41, 5.74) is 8.33. The van der Waals surface area contributed by atoms with Gasteiger partial charge in [-0.2, -0.15) is 0 Å². The number of imidazole rings is 1. The van der Waals surface area contributed by atoms with E-state index >= 15 is 0 Å². The minimum absolute atomic E-state index is 0.528. The van der Waals surface area contributed by atoms with E-state index in [0.717, 1.165) is 23.1 Å². The highest BCUT2D eigenvalue weighted by molar-refractivity contribution is 9.10. The summed E-state index contributed by atoms with van der Waals surface area (Å²) in [6, 6.07) is 6.38. The van der Waals surface area contributed by atoms with Gasteiger partial charge in [0.1, 0.15) is 5.82 Å². The first-order chi connectivity index (χ1) is 9.74. The summed E-state index contributed by atoms with van der Waals surface area (Å²) in [6.07, 6.45) is 5.10. The molecule has 0 radical (unpaired) electrons. The van der Waals surface area contributed by atoms with Gasteiger partial charge in [-0.15, -0.1) is 0 Å². The van der Waals surface area contributed by atoms with Crippen LogP contribution in [0, 0.1) is 5.92 Å². The number of benzene rings is 1. The topological polar surface area (TPSA) is 43.8 Å². The van der Waals surface area contributed by atoms with Gasteiger partial charge in [0.05, 0.1) is 11.0 Å². The molecular formula is C16H22BrN3. The Kier molecular flexibility index (Phi) is 4.13. The minimum atomic E-state index is 0.528. The lowest BCUT2D eigenvalue weighted by molar-refractivity contribution is 0.299. The Balaban J connectivity index is 2.09. The zero-order valence-corrected chi connectivity index (χ0v) is 13.6. The van der Waals surface area contributed by atoms with E-state index in [0.29, 0.717) is 11.8 Å². The number of hydrogen-bond acceptors (Lipinski definition) is 2. The molecule has 3 nitrogen and oxygen atoms in total. The van der Waals surface area contributed by atoms with Crippen LogP contribution < -0.4 is 5.73 Å². The molecule has 0 amide bonds. The van der Waals surface area contributed by atoms with Crippen LogP contribution >= 0.6 is 15.9 Å². The van der Waals surface area contributed by atoms with Crippen LogP contribution in [0.1, 0.15) is 44.3 Å². The standard InChI is InChI=1S/C16H22BrN3/c1-2-20-15-8-7-12(17)9-14(15)19-16(20)13-6-4-3-5-11(13)10-18/h7-9,11,13H,2-6,10,18H2,1H3. The van der Waals surface area contributed by atoms with Gasteiger partial charge in [-0.05, 0) is 50.4 Å². The van der Waals surface area contributed by atoms with E-state index in [9.17, 15) is 0 Å². The van der Waals surface area contributed by atoms with Crippen LogP contribution in [0.2, 0.25) is 0 Å². The Hall–Kier alpha value is -0.870. The largest absolute Gasteiger partial charge is 0.330 e. The van der Waals surface area contributed by atoms with E-state index in [1.165, 1.54) is 37.0 Å². The number of fused-ring (bicyclic) bond motifs is 1. The number of nitrogens with zero attached hydrogens (tertiary/aromatic N) is 2. The SMILES string of the molecule is CCn1c(C2CCCCC2CN)nc2cc(Br)ccc21. The highest BCUT2D eigenvalue weighted by atomic mass is 79.9. The number of halogens is 1. The van der Waals surface area contributed by atoms with Crippen molar-refractivity contribution in [3.05, 3.63) is 28.5 Å².